The molecule has 1 spiro atoms. The predicted octanol–water partition coefficient (Wildman–Crippen LogP) is 2.85. The average molecular weight is 503 g/mol. The van der Waals surface area contributed by atoms with E-state index in [1.807, 2.05) is 11.6 Å². The molecule has 3 aliphatic heterocycles. The Morgan fingerprint density at radius 3 is 2.50 bits per heavy atom. The van der Waals surface area contributed by atoms with Gasteiger partial charge in [-0.2, -0.15) is 18.3 Å². The van der Waals surface area contributed by atoms with Gasteiger partial charge in [0.05, 0.1) is 25.1 Å². The van der Waals surface area contributed by atoms with Gasteiger partial charge in [0, 0.05) is 37.5 Å². The number of anilines is 2. The molecule has 190 valence electrons. The Balaban J connectivity index is 1.20. The number of halogens is 3. The summed E-state index contributed by atoms with van der Waals surface area (Å²) in [5.74, 6) is 0.540. The van der Waals surface area contributed by atoms with E-state index in [1.54, 1.807) is 6.20 Å². The highest BCUT2D eigenvalue weighted by molar-refractivity contribution is 5.95. The van der Waals surface area contributed by atoms with Crippen LogP contribution in [0.4, 0.5) is 24.8 Å². The Labute approximate surface area is 204 Å². The first kappa shape index (κ1) is 23.1. The van der Waals surface area contributed by atoms with Crippen molar-refractivity contribution in [3.63, 3.8) is 0 Å². The maximum Gasteiger partial charge on any atom is 0.433 e. The fourth-order valence-corrected chi connectivity index (χ4v) is 5.30. The van der Waals surface area contributed by atoms with E-state index in [0.29, 0.717) is 45.7 Å². The third kappa shape index (κ3) is 3.85. The van der Waals surface area contributed by atoms with E-state index >= 15 is 0 Å². The molecule has 0 unspecified atom stereocenters. The van der Waals surface area contributed by atoms with E-state index in [-0.39, 0.29) is 35.4 Å². The fourth-order valence-electron chi connectivity index (χ4n) is 5.30. The van der Waals surface area contributed by atoms with Gasteiger partial charge in [-0.25, -0.2) is 24.6 Å². The van der Waals surface area contributed by atoms with E-state index in [4.69, 9.17) is 9.72 Å². The summed E-state index contributed by atoms with van der Waals surface area (Å²) in [4.78, 5) is 33.5. The molecule has 3 aliphatic rings. The number of hydrogen-bond donors (Lipinski definition) is 0. The van der Waals surface area contributed by atoms with Crippen LogP contribution in [0, 0.1) is 19.3 Å². The van der Waals surface area contributed by atoms with Crippen molar-refractivity contribution in [2.24, 2.45) is 5.41 Å². The summed E-state index contributed by atoms with van der Waals surface area (Å²) < 4.78 is 47.0. The van der Waals surface area contributed by atoms with Gasteiger partial charge in [-0.1, -0.05) is 0 Å². The van der Waals surface area contributed by atoms with Gasteiger partial charge in [-0.3, -0.25) is 9.69 Å². The van der Waals surface area contributed by atoms with Crippen LogP contribution in [0.5, 0.6) is 0 Å². The summed E-state index contributed by atoms with van der Waals surface area (Å²) in [6, 6.07) is 1.02. The summed E-state index contributed by atoms with van der Waals surface area (Å²) in [6.45, 7) is 6.19. The van der Waals surface area contributed by atoms with Crippen LogP contribution in [-0.2, 0) is 15.7 Å². The smallest absolute Gasteiger partial charge is 0.377 e. The van der Waals surface area contributed by atoms with Gasteiger partial charge in [0.1, 0.15) is 34.7 Å². The zero-order valence-electron chi connectivity index (χ0n) is 19.9. The zero-order chi connectivity index (χ0) is 25.2. The lowest BCUT2D eigenvalue weighted by molar-refractivity contribution is -0.141. The highest BCUT2D eigenvalue weighted by Crippen LogP contribution is 2.43. The number of alkyl halides is 3. The minimum Gasteiger partial charge on any atom is -0.377 e. The number of nitrogens with zero attached hydrogens (tertiary/aromatic N) is 8. The molecule has 0 atom stereocenters. The van der Waals surface area contributed by atoms with Crippen molar-refractivity contribution in [3.05, 3.63) is 29.5 Å². The molecule has 0 aromatic carbocycles. The van der Waals surface area contributed by atoms with E-state index < -0.39 is 11.9 Å². The van der Waals surface area contributed by atoms with Crippen LogP contribution in [0.15, 0.2) is 12.3 Å². The first-order chi connectivity index (χ1) is 17.1. The first-order valence-corrected chi connectivity index (χ1v) is 11.9. The summed E-state index contributed by atoms with van der Waals surface area (Å²) in [5.41, 5.74) is 0.983. The Morgan fingerprint density at radius 1 is 1.08 bits per heavy atom. The zero-order valence-corrected chi connectivity index (χ0v) is 19.9. The van der Waals surface area contributed by atoms with Gasteiger partial charge in [-0.05, 0) is 26.7 Å². The molecule has 1 amide bonds. The highest BCUT2D eigenvalue weighted by Gasteiger charge is 2.46. The van der Waals surface area contributed by atoms with Crippen molar-refractivity contribution in [1.29, 1.82) is 0 Å². The molecule has 3 saturated heterocycles. The van der Waals surface area contributed by atoms with E-state index in [9.17, 15) is 18.0 Å². The number of carbonyl (C=O) groups is 1. The Morgan fingerprint density at radius 2 is 1.83 bits per heavy atom. The number of rotatable bonds is 3. The lowest BCUT2D eigenvalue weighted by atomic mass is 9.77. The molecule has 0 bridgehead atoms. The number of hydrogen-bond acceptors (Lipinski definition) is 8. The summed E-state index contributed by atoms with van der Waals surface area (Å²) in [5, 5.41) is 4.60. The molecule has 0 radical (unpaired) electrons. The monoisotopic (exact) mass is 502 g/mol. The fraction of sp³-hybridized carbons (Fsp3) is 0.565. The second kappa shape index (κ2) is 8.08. The quantitative estimate of drug-likeness (QED) is 0.539. The van der Waals surface area contributed by atoms with Gasteiger partial charge in [-0.15, -0.1) is 0 Å². The molecule has 3 fully saturated rings. The van der Waals surface area contributed by atoms with Crippen molar-refractivity contribution in [3.8, 4) is 0 Å². The molecule has 10 nitrogen and oxygen atoms in total. The van der Waals surface area contributed by atoms with Crippen molar-refractivity contribution in [2.75, 3.05) is 42.6 Å². The summed E-state index contributed by atoms with van der Waals surface area (Å²) in [7, 11) is 0. The van der Waals surface area contributed by atoms with Gasteiger partial charge in [0.15, 0.2) is 5.65 Å². The highest BCUT2D eigenvalue weighted by atomic mass is 19.4. The van der Waals surface area contributed by atoms with Gasteiger partial charge in [0.2, 0.25) is 5.91 Å². The third-order valence-electron chi connectivity index (χ3n) is 7.39. The largest absolute Gasteiger partial charge is 0.433 e. The number of aryl methyl sites for hydroxylation is 2. The number of ether oxygens (including phenoxy) is 1. The molecular formula is C23H25F3N8O2. The van der Waals surface area contributed by atoms with Crippen LogP contribution in [0.25, 0.3) is 11.2 Å². The first-order valence-electron chi connectivity index (χ1n) is 11.9. The normalized spacial score (nSPS) is 20.5. The predicted molar refractivity (Wildman–Crippen MR) is 123 cm³/mol. The SMILES string of the molecule is Cc1nc(N2CC3(CCN(c4cnc5c(C)nn(C6COC6)c5n4)CC3)CC2=O)cc(C(F)(F)F)n1. The van der Waals surface area contributed by atoms with Gasteiger partial charge in [0.25, 0.3) is 0 Å². The van der Waals surface area contributed by atoms with Crippen LogP contribution in [0.3, 0.4) is 0 Å². The van der Waals surface area contributed by atoms with E-state index in [2.05, 4.69) is 25.0 Å². The lowest BCUT2D eigenvalue weighted by Gasteiger charge is -2.39. The molecule has 36 heavy (non-hydrogen) atoms. The van der Waals surface area contributed by atoms with Crippen LogP contribution in [0.2, 0.25) is 0 Å². The van der Waals surface area contributed by atoms with Gasteiger partial charge >= 0.3 is 6.18 Å². The minimum absolute atomic E-state index is 0.0130. The summed E-state index contributed by atoms with van der Waals surface area (Å²) in [6.07, 6.45) is -1.15. The number of carbonyl (C=O) groups excluding carboxylic acids is 1. The van der Waals surface area contributed by atoms with Crippen molar-refractivity contribution in [1.82, 2.24) is 29.7 Å². The maximum absolute atomic E-state index is 13.3. The molecule has 3 aromatic rings. The van der Waals surface area contributed by atoms with Crippen molar-refractivity contribution < 1.29 is 22.7 Å². The Bertz CT molecular complexity index is 1350. The topological polar surface area (TPSA) is 102 Å². The van der Waals surface area contributed by atoms with E-state index in [0.717, 1.165) is 28.7 Å². The van der Waals surface area contributed by atoms with Crippen LogP contribution in [-0.4, -0.2) is 68.5 Å². The van der Waals surface area contributed by atoms with Crippen molar-refractivity contribution >= 4 is 28.7 Å². The van der Waals surface area contributed by atoms with Crippen molar-refractivity contribution in [2.45, 2.75) is 45.3 Å². The summed E-state index contributed by atoms with van der Waals surface area (Å²) >= 11 is 0. The molecule has 6 heterocycles. The number of fused-ring (bicyclic) bond motifs is 1. The van der Waals surface area contributed by atoms with E-state index in [1.165, 1.54) is 11.8 Å². The number of amides is 1. The molecule has 3 aromatic heterocycles. The minimum atomic E-state index is -4.60. The van der Waals surface area contributed by atoms with Crippen LogP contribution in [0.1, 0.15) is 42.5 Å². The lowest BCUT2D eigenvalue weighted by Crippen LogP contribution is -2.42. The average Bonchev–Trinajstić information content (AvgIpc) is 3.28. The second-order valence-electron chi connectivity index (χ2n) is 9.92. The standard InChI is InChI=1S/C23H25F3N8O2/c1-13-20-21(34(31-13)15-10-36-11-15)30-18(9-27-20)32-5-3-22(4-6-32)8-19(35)33(12-22)17-7-16(23(24,25)26)28-14(2)29-17/h7,9,15H,3-6,8,10-12H2,1-2H3. The van der Waals surface area contributed by atoms with Crippen LogP contribution < -0.4 is 9.80 Å². The molecule has 6 rings (SSSR count). The molecular weight excluding hydrogens is 477 g/mol. The third-order valence-corrected chi connectivity index (χ3v) is 7.39. The molecule has 0 N–H and O–H groups in total. The van der Waals surface area contributed by atoms with Crippen LogP contribution >= 0.6 is 0 Å². The Hall–Kier alpha value is -3.35. The second-order valence-corrected chi connectivity index (χ2v) is 9.92. The maximum atomic E-state index is 13.3. The molecule has 13 heteroatoms. The Kier molecular flexibility index (Phi) is 5.18. The van der Waals surface area contributed by atoms with Gasteiger partial charge < -0.3 is 9.64 Å². The number of piperidine rings is 1. The molecule has 0 saturated carbocycles. The number of aromatic nitrogens is 6. The molecule has 0 aliphatic carbocycles.